The molecule has 8 nitrogen and oxygen atoms in total. The Morgan fingerprint density at radius 3 is 2.76 bits per heavy atom. The lowest BCUT2D eigenvalue weighted by molar-refractivity contribution is -0.153. The summed E-state index contributed by atoms with van der Waals surface area (Å²) in [5.74, 6) is 0.467. The van der Waals surface area contributed by atoms with Gasteiger partial charge in [-0.1, -0.05) is 36.0 Å². The van der Waals surface area contributed by atoms with Gasteiger partial charge >= 0.3 is 5.97 Å². The Morgan fingerprint density at radius 2 is 2.03 bits per heavy atom. The summed E-state index contributed by atoms with van der Waals surface area (Å²) >= 11 is 1.13. The van der Waals surface area contributed by atoms with E-state index in [2.05, 4.69) is 10.2 Å². The Hall–Kier alpha value is -3.07. The highest BCUT2D eigenvalue weighted by Crippen LogP contribution is 2.28. The van der Waals surface area contributed by atoms with Gasteiger partial charge in [0.2, 0.25) is 5.91 Å². The molecule has 4 rings (SSSR count). The van der Waals surface area contributed by atoms with Gasteiger partial charge < -0.3 is 18.5 Å². The fraction of sp³-hybridized carbons (Fsp3) is 0.300. The molecule has 1 aliphatic rings. The van der Waals surface area contributed by atoms with E-state index in [1.807, 2.05) is 24.3 Å². The summed E-state index contributed by atoms with van der Waals surface area (Å²) in [6, 6.07) is 8.89. The minimum atomic E-state index is -0.644. The molecular weight excluding hydrogens is 394 g/mol. The molecule has 1 atom stereocenters. The third kappa shape index (κ3) is 3.91. The van der Waals surface area contributed by atoms with Crippen LogP contribution in [0.25, 0.3) is 11.5 Å². The fourth-order valence-electron chi connectivity index (χ4n) is 3.32. The van der Waals surface area contributed by atoms with Crippen molar-refractivity contribution in [3.8, 4) is 11.5 Å². The number of hydrogen-bond acceptors (Lipinski definition) is 8. The standard InChI is InChI=1S/C20H19N3O5S/c1-12-15(7-8-27-12)18-21-22-20(28-18)29-11-17(24)23-10-14-6-4-3-5-13(14)9-16(23)19(25)26-2/h3-8,16H,9-11H2,1-2H3/t16-/m0/s1. The molecule has 0 fully saturated rings. The van der Waals surface area contributed by atoms with Crippen molar-refractivity contribution in [3.63, 3.8) is 0 Å². The molecule has 0 N–H and O–H groups in total. The number of aromatic nitrogens is 2. The van der Waals surface area contributed by atoms with E-state index in [0.29, 0.717) is 30.2 Å². The Bertz CT molecular complexity index is 1040. The molecule has 1 aromatic carbocycles. The number of ether oxygens (including phenoxy) is 1. The first-order valence-corrected chi connectivity index (χ1v) is 10.00. The molecule has 0 spiro atoms. The van der Waals surface area contributed by atoms with Gasteiger partial charge in [-0.05, 0) is 24.1 Å². The van der Waals surface area contributed by atoms with Gasteiger partial charge in [-0.25, -0.2) is 4.79 Å². The number of esters is 1. The van der Waals surface area contributed by atoms with Gasteiger partial charge in [0.15, 0.2) is 0 Å². The predicted octanol–water partition coefficient (Wildman–Crippen LogP) is 2.86. The molecule has 0 unspecified atom stereocenters. The molecule has 0 saturated heterocycles. The zero-order valence-corrected chi connectivity index (χ0v) is 16.8. The first-order valence-electron chi connectivity index (χ1n) is 9.01. The summed E-state index contributed by atoms with van der Waals surface area (Å²) in [6.45, 7) is 2.16. The predicted molar refractivity (Wildman–Crippen MR) is 104 cm³/mol. The Kier molecular flexibility index (Phi) is 5.39. The molecule has 150 valence electrons. The second-order valence-electron chi connectivity index (χ2n) is 6.59. The average Bonchev–Trinajstić information content (AvgIpc) is 3.39. The van der Waals surface area contributed by atoms with Crippen molar-refractivity contribution in [1.82, 2.24) is 15.1 Å². The molecule has 29 heavy (non-hydrogen) atoms. The molecule has 0 radical (unpaired) electrons. The lowest BCUT2D eigenvalue weighted by atomic mass is 9.94. The zero-order valence-electron chi connectivity index (χ0n) is 16.0. The van der Waals surface area contributed by atoms with Crippen LogP contribution in [0.5, 0.6) is 0 Å². The highest BCUT2D eigenvalue weighted by atomic mass is 32.2. The quantitative estimate of drug-likeness (QED) is 0.465. The van der Waals surface area contributed by atoms with E-state index in [1.54, 1.807) is 24.2 Å². The van der Waals surface area contributed by atoms with E-state index >= 15 is 0 Å². The van der Waals surface area contributed by atoms with E-state index in [9.17, 15) is 9.59 Å². The van der Waals surface area contributed by atoms with Gasteiger partial charge in [0.1, 0.15) is 11.8 Å². The number of carbonyl (C=O) groups excluding carboxylic acids is 2. The van der Waals surface area contributed by atoms with Gasteiger partial charge in [0, 0.05) is 13.0 Å². The summed E-state index contributed by atoms with van der Waals surface area (Å²) in [6.07, 6.45) is 1.98. The molecule has 0 saturated carbocycles. The van der Waals surface area contributed by atoms with Crippen LogP contribution >= 0.6 is 11.8 Å². The second kappa shape index (κ2) is 8.12. The highest BCUT2D eigenvalue weighted by Gasteiger charge is 2.35. The van der Waals surface area contributed by atoms with Gasteiger partial charge in [-0.3, -0.25) is 4.79 Å². The number of carbonyl (C=O) groups is 2. The first-order chi connectivity index (χ1) is 14.1. The molecule has 1 aliphatic heterocycles. The lowest BCUT2D eigenvalue weighted by Crippen LogP contribution is -2.49. The van der Waals surface area contributed by atoms with Crippen LogP contribution in [-0.4, -0.2) is 45.9 Å². The average molecular weight is 413 g/mol. The first kappa shape index (κ1) is 19.3. The summed E-state index contributed by atoms with van der Waals surface area (Å²) in [7, 11) is 1.33. The van der Waals surface area contributed by atoms with Crippen molar-refractivity contribution in [2.24, 2.45) is 0 Å². The Morgan fingerprint density at radius 1 is 1.24 bits per heavy atom. The van der Waals surface area contributed by atoms with E-state index in [1.165, 1.54) is 7.11 Å². The minimum absolute atomic E-state index is 0.0711. The summed E-state index contributed by atoms with van der Waals surface area (Å²) in [5, 5.41) is 8.26. The van der Waals surface area contributed by atoms with Gasteiger partial charge in [-0.2, -0.15) is 0 Å². The third-order valence-electron chi connectivity index (χ3n) is 4.86. The zero-order chi connectivity index (χ0) is 20.4. The largest absolute Gasteiger partial charge is 0.469 e. The van der Waals surface area contributed by atoms with Crippen LogP contribution in [0.3, 0.4) is 0 Å². The molecule has 3 heterocycles. The number of rotatable bonds is 5. The van der Waals surface area contributed by atoms with Gasteiger partial charge in [0.05, 0.1) is 24.7 Å². The summed E-state index contributed by atoms with van der Waals surface area (Å²) in [5.41, 5.74) is 2.80. The monoisotopic (exact) mass is 413 g/mol. The Labute approximate surface area is 171 Å². The van der Waals surface area contributed by atoms with Crippen molar-refractivity contribution < 1.29 is 23.2 Å². The fourth-order valence-corrected chi connectivity index (χ4v) is 3.97. The minimum Gasteiger partial charge on any atom is -0.469 e. The number of fused-ring (bicyclic) bond motifs is 1. The maximum Gasteiger partial charge on any atom is 0.328 e. The van der Waals surface area contributed by atoms with Crippen molar-refractivity contribution in [3.05, 3.63) is 53.5 Å². The maximum absolute atomic E-state index is 12.9. The number of benzene rings is 1. The van der Waals surface area contributed by atoms with E-state index in [4.69, 9.17) is 13.6 Å². The molecule has 1 amide bonds. The van der Waals surface area contributed by atoms with Crippen LogP contribution in [0.1, 0.15) is 16.9 Å². The van der Waals surface area contributed by atoms with E-state index in [0.717, 1.165) is 22.9 Å². The van der Waals surface area contributed by atoms with Crippen LogP contribution < -0.4 is 0 Å². The molecule has 9 heteroatoms. The second-order valence-corrected chi connectivity index (χ2v) is 7.51. The van der Waals surface area contributed by atoms with Gasteiger partial charge in [0.25, 0.3) is 11.1 Å². The van der Waals surface area contributed by atoms with Crippen LogP contribution in [0, 0.1) is 6.92 Å². The normalized spacial score (nSPS) is 15.8. The van der Waals surface area contributed by atoms with Crippen LogP contribution in [-0.2, 0) is 27.3 Å². The highest BCUT2D eigenvalue weighted by molar-refractivity contribution is 7.99. The van der Waals surface area contributed by atoms with Crippen LogP contribution in [0.15, 0.2) is 50.7 Å². The van der Waals surface area contributed by atoms with E-state index < -0.39 is 12.0 Å². The number of hydrogen-bond donors (Lipinski definition) is 0. The SMILES string of the molecule is COC(=O)[C@@H]1Cc2ccccc2CN1C(=O)CSc1nnc(-c2ccoc2C)o1. The summed E-state index contributed by atoms with van der Waals surface area (Å²) in [4.78, 5) is 26.7. The van der Waals surface area contributed by atoms with Crippen LogP contribution in [0.2, 0.25) is 0 Å². The van der Waals surface area contributed by atoms with E-state index in [-0.39, 0.29) is 16.9 Å². The molecule has 2 aromatic heterocycles. The van der Waals surface area contributed by atoms with Crippen molar-refractivity contribution in [1.29, 1.82) is 0 Å². The number of thioether (sulfide) groups is 1. The Balaban J connectivity index is 1.46. The van der Waals surface area contributed by atoms with Crippen LogP contribution in [0.4, 0.5) is 0 Å². The number of aryl methyl sites for hydroxylation is 1. The number of nitrogens with zero attached hydrogens (tertiary/aromatic N) is 3. The van der Waals surface area contributed by atoms with Gasteiger partial charge in [-0.15, -0.1) is 10.2 Å². The molecule has 0 bridgehead atoms. The third-order valence-corrected chi connectivity index (χ3v) is 5.66. The van der Waals surface area contributed by atoms with Crippen molar-refractivity contribution >= 4 is 23.6 Å². The van der Waals surface area contributed by atoms with Crippen molar-refractivity contribution in [2.45, 2.75) is 31.2 Å². The lowest BCUT2D eigenvalue weighted by Gasteiger charge is -2.35. The number of furan rings is 1. The number of amides is 1. The molecular formula is C20H19N3O5S. The molecule has 0 aliphatic carbocycles. The smallest absolute Gasteiger partial charge is 0.328 e. The maximum atomic E-state index is 12.9. The number of methoxy groups -OCH3 is 1. The topological polar surface area (TPSA) is 98.7 Å². The summed E-state index contributed by atoms with van der Waals surface area (Å²) < 4.78 is 15.8. The van der Waals surface area contributed by atoms with Crippen molar-refractivity contribution in [2.75, 3.05) is 12.9 Å². The molecule has 3 aromatic rings.